The third-order valence-corrected chi connectivity index (χ3v) is 3.41. The van der Waals surface area contributed by atoms with Gasteiger partial charge in [0.25, 0.3) is 0 Å². The first-order valence-electron chi connectivity index (χ1n) is 4.78. The van der Waals surface area contributed by atoms with Crippen LogP contribution in [-0.2, 0) is 4.74 Å². The maximum absolute atomic E-state index is 5.77. The van der Waals surface area contributed by atoms with E-state index < -0.39 is 0 Å². The van der Waals surface area contributed by atoms with Gasteiger partial charge >= 0.3 is 0 Å². The molecule has 3 heteroatoms. The molecule has 1 saturated heterocycles. The fourth-order valence-electron chi connectivity index (χ4n) is 1.54. The van der Waals surface area contributed by atoms with Crippen LogP contribution in [0.15, 0.2) is 17.5 Å². The van der Waals surface area contributed by atoms with E-state index in [2.05, 4.69) is 29.8 Å². The van der Waals surface area contributed by atoms with Crippen molar-refractivity contribution in [2.24, 2.45) is 0 Å². The van der Waals surface area contributed by atoms with Crippen molar-refractivity contribution in [3.63, 3.8) is 0 Å². The molecule has 2 rings (SSSR count). The van der Waals surface area contributed by atoms with Crippen molar-refractivity contribution in [2.45, 2.75) is 25.5 Å². The molecule has 1 fully saturated rings. The molecule has 0 aliphatic carbocycles. The van der Waals surface area contributed by atoms with Crippen LogP contribution in [0, 0.1) is 0 Å². The summed E-state index contributed by atoms with van der Waals surface area (Å²) in [4.78, 5) is 1.34. The highest BCUT2D eigenvalue weighted by atomic mass is 32.1. The Morgan fingerprint density at radius 3 is 3.15 bits per heavy atom. The van der Waals surface area contributed by atoms with Crippen molar-refractivity contribution in [1.82, 2.24) is 5.32 Å². The second-order valence-electron chi connectivity index (χ2n) is 3.35. The molecule has 1 N–H and O–H groups in total. The van der Waals surface area contributed by atoms with Crippen LogP contribution in [0.25, 0.3) is 0 Å². The minimum absolute atomic E-state index is 0.280. The summed E-state index contributed by atoms with van der Waals surface area (Å²) in [6.07, 6.45) is 1.43. The smallest absolute Gasteiger partial charge is 0.104 e. The molecule has 1 aromatic rings. The average Bonchev–Trinajstić information content (AvgIpc) is 2.71. The van der Waals surface area contributed by atoms with Gasteiger partial charge in [0.15, 0.2) is 0 Å². The molecule has 0 amide bonds. The minimum atomic E-state index is 0.280. The molecule has 1 aliphatic heterocycles. The predicted molar refractivity (Wildman–Crippen MR) is 55.1 cm³/mol. The Morgan fingerprint density at radius 1 is 1.69 bits per heavy atom. The maximum atomic E-state index is 5.77. The molecular weight excluding hydrogens is 182 g/mol. The molecule has 2 unspecified atom stereocenters. The van der Waals surface area contributed by atoms with Gasteiger partial charge in [0, 0.05) is 17.5 Å². The molecular formula is C10H15NOS. The van der Waals surface area contributed by atoms with Crippen molar-refractivity contribution in [3.8, 4) is 0 Å². The van der Waals surface area contributed by atoms with Gasteiger partial charge in [-0.25, -0.2) is 0 Å². The molecule has 13 heavy (non-hydrogen) atoms. The molecule has 0 saturated carbocycles. The average molecular weight is 197 g/mol. The highest BCUT2D eigenvalue weighted by Crippen LogP contribution is 2.24. The lowest BCUT2D eigenvalue weighted by atomic mass is 10.1. The number of nitrogens with one attached hydrogen (secondary N) is 1. The molecule has 72 valence electrons. The van der Waals surface area contributed by atoms with Crippen molar-refractivity contribution in [2.75, 3.05) is 13.2 Å². The highest BCUT2D eigenvalue weighted by molar-refractivity contribution is 7.10. The van der Waals surface area contributed by atoms with E-state index in [0.717, 1.165) is 19.6 Å². The fourth-order valence-corrected chi connectivity index (χ4v) is 2.32. The zero-order valence-electron chi connectivity index (χ0n) is 7.82. The first kappa shape index (κ1) is 9.19. The van der Waals surface area contributed by atoms with E-state index in [1.54, 1.807) is 11.3 Å². The second-order valence-corrected chi connectivity index (χ2v) is 4.33. The first-order chi connectivity index (χ1) is 6.40. The lowest BCUT2D eigenvalue weighted by Gasteiger charge is -2.29. The molecule has 1 aromatic heterocycles. The molecule has 1 aliphatic rings. The number of hydrogen-bond donors (Lipinski definition) is 1. The summed E-state index contributed by atoms with van der Waals surface area (Å²) in [5, 5.41) is 5.59. The summed E-state index contributed by atoms with van der Waals surface area (Å²) in [6, 6.07) is 4.77. The zero-order chi connectivity index (χ0) is 9.10. The molecule has 0 aromatic carbocycles. The van der Waals surface area contributed by atoms with Crippen molar-refractivity contribution >= 4 is 11.3 Å². The highest BCUT2D eigenvalue weighted by Gasteiger charge is 2.21. The number of thiophene rings is 1. The van der Waals surface area contributed by atoms with E-state index >= 15 is 0 Å². The Balaban J connectivity index is 1.92. The quantitative estimate of drug-likeness (QED) is 0.784. The molecule has 2 nitrogen and oxygen atoms in total. The Bertz CT molecular complexity index is 239. The predicted octanol–water partition coefficient (Wildman–Crippen LogP) is 2.19. The Labute approximate surface area is 82.9 Å². The van der Waals surface area contributed by atoms with Gasteiger partial charge in [-0.15, -0.1) is 11.3 Å². The van der Waals surface area contributed by atoms with Crippen LogP contribution in [0.5, 0.6) is 0 Å². The van der Waals surface area contributed by atoms with Crippen LogP contribution in [0.4, 0.5) is 0 Å². The van der Waals surface area contributed by atoms with E-state index in [-0.39, 0.29) is 6.10 Å². The van der Waals surface area contributed by atoms with Crippen LogP contribution in [-0.4, -0.2) is 19.2 Å². The van der Waals surface area contributed by atoms with Gasteiger partial charge in [0.2, 0.25) is 0 Å². The number of hydrogen-bond acceptors (Lipinski definition) is 3. The maximum Gasteiger partial charge on any atom is 0.104 e. The van der Waals surface area contributed by atoms with Gasteiger partial charge < -0.3 is 10.1 Å². The van der Waals surface area contributed by atoms with E-state index in [4.69, 9.17) is 4.74 Å². The van der Waals surface area contributed by atoms with E-state index in [1.165, 1.54) is 4.88 Å². The van der Waals surface area contributed by atoms with Crippen LogP contribution < -0.4 is 5.32 Å². The van der Waals surface area contributed by atoms with Gasteiger partial charge in [-0.2, -0.15) is 0 Å². The topological polar surface area (TPSA) is 21.3 Å². The lowest BCUT2D eigenvalue weighted by molar-refractivity contribution is 0.00425. The Kier molecular flexibility index (Phi) is 2.98. The Morgan fingerprint density at radius 2 is 2.62 bits per heavy atom. The van der Waals surface area contributed by atoms with Gasteiger partial charge in [0.05, 0.1) is 6.61 Å². The molecule has 2 atom stereocenters. The molecule has 2 heterocycles. The van der Waals surface area contributed by atoms with E-state index in [0.29, 0.717) is 6.04 Å². The number of ether oxygens (including phenoxy) is 1. The zero-order valence-corrected chi connectivity index (χ0v) is 8.64. The summed E-state index contributed by atoms with van der Waals surface area (Å²) in [6.45, 7) is 3.99. The van der Waals surface area contributed by atoms with Gasteiger partial charge in [0.1, 0.15) is 6.10 Å². The first-order valence-corrected chi connectivity index (χ1v) is 5.66. The van der Waals surface area contributed by atoms with Crippen molar-refractivity contribution in [3.05, 3.63) is 22.4 Å². The summed E-state index contributed by atoms with van der Waals surface area (Å²) < 4.78 is 5.77. The monoisotopic (exact) mass is 197 g/mol. The standard InChI is InChI=1S/C10H15NOS/c1-2-8-7-12-9(6-11-8)10-4-3-5-13-10/h3-5,8-9,11H,2,6-7H2,1H3. The summed E-state index contributed by atoms with van der Waals surface area (Å²) in [7, 11) is 0. The summed E-state index contributed by atoms with van der Waals surface area (Å²) in [5.41, 5.74) is 0. The van der Waals surface area contributed by atoms with Crippen LogP contribution in [0.2, 0.25) is 0 Å². The van der Waals surface area contributed by atoms with Gasteiger partial charge in [-0.1, -0.05) is 13.0 Å². The Hall–Kier alpha value is -0.380. The summed E-state index contributed by atoms with van der Waals surface area (Å²) >= 11 is 1.77. The largest absolute Gasteiger partial charge is 0.370 e. The molecule has 0 radical (unpaired) electrons. The number of morpholine rings is 1. The van der Waals surface area contributed by atoms with Crippen molar-refractivity contribution in [1.29, 1.82) is 0 Å². The fraction of sp³-hybridized carbons (Fsp3) is 0.600. The van der Waals surface area contributed by atoms with Gasteiger partial charge in [-0.05, 0) is 17.9 Å². The van der Waals surface area contributed by atoms with E-state index in [1.807, 2.05) is 0 Å². The van der Waals surface area contributed by atoms with Crippen LogP contribution in [0.3, 0.4) is 0 Å². The van der Waals surface area contributed by atoms with Crippen LogP contribution >= 0.6 is 11.3 Å². The molecule has 0 bridgehead atoms. The molecule has 0 spiro atoms. The third kappa shape index (κ3) is 2.10. The summed E-state index contributed by atoms with van der Waals surface area (Å²) in [5.74, 6) is 0. The van der Waals surface area contributed by atoms with Crippen LogP contribution in [0.1, 0.15) is 24.3 Å². The SMILES string of the molecule is CCC1COC(c2cccs2)CN1. The normalized spacial score (nSPS) is 29.0. The lowest BCUT2D eigenvalue weighted by Crippen LogP contribution is -2.42. The minimum Gasteiger partial charge on any atom is -0.370 e. The number of rotatable bonds is 2. The second kappa shape index (κ2) is 4.22. The van der Waals surface area contributed by atoms with Crippen molar-refractivity contribution < 1.29 is 4.74 Å². The third-order valence-electron chi connectivity index (χ3n) is 2.44. The van der Waals surface area contributed by atoms with E-state index in [9.17, 15) is 0 Å². The van der Waals surface area contributed by atoms with Gasteiger partial charge in [-0.3, -0.25) is 0 Å².